The number of hydrogen-bond donors (Lipinski definition) is 2. The van der Waals surface area contributed by atoms with Crippen LogP contribution in [0.1, 0.15) is 30.9 Å². The van der Waals surface area contributed by atoms with E-state index in [0.29, 0.717) is 0 Å². The summed E-state index contributed by atoms with van der Waals surface area (Å²) in [5, 5.41) is 5.55. The average molecular weight is 287 g/mol. The van der Waals surface area contributed by atoms with Crippen LogP contribution in [0.15, 0.2) is 30.3 Å². The third-order valence-corrected chi connectivity index (χ3v) is 3.67. The van der Waals surface area contributed by atoms with Crippen molar-refractivity contribution in [3.63, 3.8) is 0 Å². The normalized spacial score (nSPS) is 21.9. The smallest absolute Gasteiger partial charge is 0.325 e. The molecule has 0 bridgehead atoms. The zero-order valence-corrected chi connectivity index (χ0v) is 11.5. The number of imide groups is 1. The Morgan fingerprint density at radius 3 is 2.57 bits per heavy atom. The second-order valence-corrected chi connectivity index (χ2v) is 5.44. The molecule has 0 aromatic heterocycles. The maximum atomic E-state index is 12.1. The molecule has 1 atom stereocenters. The lowest BCUT2D eigenvalue weighted by molar-refractivity contribution is -0.134. The number of carbonyl (C=O) groups excluding carboxylic acids is 3. The van der Waals surface area contributed by atoms with E-state index in [2.05, 4.69) is 10.6 Å². The van der Waals surface area contributed by atoms with Crippen molar-refractivity contribution in [2.45, 2.75) is 31.3 Å². The molecule has 1 aromatic carbocycles. The zero-order chi connectivity index (χ0) is 14.8. The van der Waals surface area contributed by atoms with Crippen molar-refractivity contribution in [1.82, 2.24) is 15.5 Å². The summed E-state index contributed by atoms with van der Waals surface area (Å²) in [6.07, 6.45) is 2.12. The highest BCUT2D eigenvalue weighted by molar-refractivity contribution is 6.00. The Bertz CT molecular complexity index is 551. The number of nitrogens with zero attached hydrogens (tertiary/aromatic N) is 1. The van der Waals surface area contributed by atoms with Crippen molar-refractivity contribution >= 4 is 17.8 Å². The molecule has 3 rings (SSSR count). The van der Waals surface area contributed by atoms with Crippen molar-refractivity contribution in [2.75, 3.05) is 6.54 Å². The van der Waals surface area contributed by atoms with Gasteiger partial charge in [-0.25, -0.2) is 4.79 Å². The predicted octanol–water partition coefficient (Wildman–Crippen LogP) is 0.948. The minimum absolute atomic E-state index is 0.173. The third kappa shape index (κ3) is 3.21. The van der Waals surface area contributed by atoms with Gasteiger partial charge in [0.15, 0.2) is 0 Å². The van der Waals surface area contributed by atoms with Crippen LogP contribution in [0.25, 0.3) is 0 Å². The van der Waals surface area contributed by atoms with E-state index in [1.54, 1.807) is 0 Å². The Morgan fingerprint density at radius 1 is 1.24 bits per heavy atom. The van der Waals surface area contributed by atoms with Gasteiger partial charge in [0.25, 0.3) is 0 Å². The molecule has 1 aromatic rings. The van der Waals surface area contributed by atoms with Crippen LogP contribution < -0.4 is 10.6 Å². The van der Waals surface area contributed by atoms with Crippen LogP contribution >= 0.6 is 0 Å². The van der Waals surface area contributed by atoms with Gasteiger partial charge in [-0.05, 0) is 18.4 Å². The van der Waals surface area contributed by atoms with Crippen LogP contribution in [0.2, 0.25) is 0 Å². The van der Waals surface area contributed by atoms with Crippen LogP contribution in [0.4, 0.5) is 4.79 Å². The number of carbonyl (C=O) groups is 3. The largest absolute Gasteiger partial charge is 0.352 e. The van der Waals surface area contributed by atoms with Gasteiger partial charge < -0.3 is 10.6 Å². The van der Waals surface area contributed by atoms with Gasteiger partial charge in [-0.1, -0.05) is 30.3 Å². The first-order valence-corrected chi connectivity index (χ1v) is 7.08. The Hall–Kier alpha value is -2.37. The van der Waals surface area contributed by atoms with Crippen molar-refractivity contribution in [3.05, 3.63) is 35.9 Å². The quantitative estimate of drug-likeness (QED) is 0.865. The van der Waals surface area contributed by atoms with Crippen LogP contribution in [-0.4, -0.2) is 35.3 Å². The van der Waals surface area contributed by atoms with Gasteiger partial charge in [0.1, 0.15) is 6.54 Å². The van der Waals surface area contributed by atoms with Crippen molar-refractivity contribution in [1.29, 1.82) is 0 Å². The van der Waals surface area contributed by atoms with Gasteiger partial charge in [-0.15, -0.1) is 0 Å². The lowest BCUT2D eigenvalue weighted by Gasteiger charge is -2.31. The topological polar surface area (TPSA) is 78.5 Å². The summed E-state index contributed by atoms with van der Waals surface area (Å²) >= 11 is 0. The van der Waals surface area contributed by atoms with E-state index < -0.39 is 6.03 Å². The third-order valence-electron chi connectivity index (χ3n) is 3.67. The van der Waals surface area contributed by atoms with Gasteiger partial charge >= 0.3 is 6.03 Å². The van der Waals surface area contributed by atoms with Crippen molar-refractivity contribution in [3.8, 4) is 0 Å². The Morgan fingerprint density at radius 2 is 1.95 bits per heavy atom. The molecule has 6 heteroatoms. The van der Waals surface area contributed by atoms with E-state index in [0.717, 1.165) is 23.3 Å². The standard InChI is InChI=1S/C15H17N3O3/c19-13(16-11-6-7-11)9-18-14(20)8-12(17-15(18)21)10-4-2-1-3-5-10/h1-5,11-12H,6-9H2,(H,16,19)(H,17,21). The van der Waals surface area contributed by atoms with Crippen LogP contribution in [0, 0.1) is 0 Å². The fraction of sp³-hybridized carbons (Fsp3) is 0.400. The predicted molar refractivity (Wildman–Crippen MR) is 75.2 cm³/mol. The molecular weight excluding hydrogens is 270 g/mol. The molecule has 1 heterocycles. The highest BCUT2D eigenvalue weighted by Crippen LogP contribution is 2.22. The molecule has 21 heavy (non-hydrogen) atoms. The Balaban J connectivity index is 1.62. The van der Waals surface area contributed by atoms with E-state index in [1.807, 2.05) is 30.3 Å². The highest BCUT2D eigenvalue weighted by atomic mass is 16.2. The molecular formula is C15H17N3O3. The summed E-state index contributed by atoms with van der Waals surface area (Å²) in [5.74, 6) is -0.599. The van der Waals surface area contributed by atoms with Crippen LogP contribution in [0.3, 0.4) is 0 Å². The molecule has 1 saturated carbocycles. The summed E-state index contributed by atoms with van der Waals surface area (Å²) in [6.45, 7) is -0.206. The summed E-state index contributed by atoms with van der Waals surface area (Å²) in [6, 6.07) is 8.73. The Labute approximate surface area is 122 Å². The van der Waals surface area contributed by atoms with E-state index in [1.165, 1.54) is 0 Å². The molecule has 2 fully saturated rings. The molecule has 1 unspecified atom stereocenters. The lowest BCUT2D eigenvalue weighted by Crippen LogP contribution is -2.54. The second-order valence-electron chi connectivity index (χ2n) is 5.44. The SMILES string of the molecule is O=C(CN1C(=O)CC(c2ccccc2)NC1=O)NC1CC1. The number of rotatable bonds is 4. The highest BCUT2D eigenvalue weighted by Gasteiger charge is 2.34. The maximum absolute atomic E-state index is 12.1. The molecule has 2 aliphatic rings. The fourth-order valence-corrected chi connectivity index (χ4v) is 2.37. The summed E-state index contributed by atoms with van der Waals surface area (Å²) in [7, 11) is 0. The lowest BCUT2D eigenvalue weighted by atomic mass is 10.0. The molecule has 0 spiro atoms. The molecule has 0 radical (unpaired) electrons. The molecule has 110 valence electrons. The molecule has 1 saturated heterocycles. The zero-order valence-electron chi connectivity index (χ0n) is 11.5. The number of urea groups is 1. The fourth-order valence-electron chi connectivity index (χ4n) is 2.37. The second kappa shape index (κ2) is 5.55. The van der Waals surface area contributed by atoms with Gasteiger partial charge in [0.05, 0.1) is 12.5 Å². The maximum Gasteiger partial charge on any atom is 0.325 e. The summed E-state index contributed by atoms with van der Waals surface area (Å²) in [4.78, 5) is 36.9. The molecule has 1 aliphatic heterocycles. The Kier molecular flexibility index (Phi) is 3.60. The first-order chi connectivity index (χ1) is 10.1. The van der Waals surface area contributed by atoms with E-state index in [-0.39, 0.29) is 36.9 Å². The first-order valence-electron chi connectivity index (χ1n) is 7.08. The summed E-state index contributed by atoms with van der Waals surface area (Å²) in [5.41, 5.74) is 0.890. The molecule has 1 aliphatic carbocycles. The van der Waals surface area contributed by atoms with Gasteiger partial charge in [0.2, 0.25) is 11.8 Å². The molecule has 6 nitrogen and oxygen atoms in total. The number of benzene rings is 1. The number of nitrogens with one attached hydrogen (secondary N) is 2. The first kappa shape index (κ1) is 13.6. The van der Waals surface area contributed by atoms with Gasteiger partial charge in [-0.2, -0.15) is 0 Å². The minimum Gasteiger partial charge on any atom is -0.352 e. The van der Waals surface area contributed by atoms with Crippen molar-refractivity contribution < 1.29 is 14.4 Å². The van der Waals surface area contributed by atoms with E-state index >= 15 is 0 Å². The van der Waals surface area contributed by atoms with Crippen molar-refractivity contribution in [2.24, 2.45) is 0 Å². The van der Waals surface area contributed by atoms with Crippen LogP contribution in [-0.2, 0) is 9.59 Å². The number of amides is 4. The van der Waals surface area contributed by atoms with E-state index in [9.17, 15) is 14.4 Å². The van der Waals surface area contributed by atoms with Gasteiger partial charge in [-0.3, -0.25) is 14.5 Å². The summed E-state index contributed by atoms with van der Waals surface area (Å²) < 4.78 is 0. The minimum atomic E-state index is -0.508. The van der Waals surface area contributed by atoms with Crippen LogP contribution in [0.5, 0.6) is 0 Å². The average Bonchev–Trinajstić information content (AvgIpc) is 3.27. The molecule has 2 N–H and O–H groups in total. The van der Waals surface area contributed by atoms with E-state index in [4.69, 9.17) is 0 Å². The molecule has 4 amide bonds. The van der Waals surface area contributed by atoms with Gasteiger partial charge in [0, 0.05) is 6.04 Å². The number of hydrogen-bond acceptors (Lipinski definition) is 3. The monoisotopic (exact) mass is 287 g/mol.